The average Bonchev–Trinajstić information content (AvgIpc) is 2.72. The van der Waals surface area contributed by atoms with Gasteiger partial charge >= 0.3 is 0 Å². The Labute approximate surface area is 153 Å². The van der Waals surface area contributed by atoms with Gasteiger partial charge in [0.1, 0.15) is 12.7 Å². The van der Waals surface area contributed by atoms with Gasteiger partial charge in [-0.05, 0) is 41.9 Å². The van der Waals surface area contributed by atoms with Gasteiger partial charge in [0.25, 0.3) is 0 Å². The van der Waals surface area contributed by atoms with Crippen LogP contribution in [0.4, 0.5) is 0 Å². The molecular formula is C22H22N2O2. The summed E-state index contributed by atoms with van der Waals surface area (Å²) in [6, 6.07) is 22.4. The second-order valence-electron chi connectivity index (χ2n) is 6.36. The van der Waals surface area contributed by atoms with Crippen molar-refractivity contribution in [2.45, 2.75) is 19.1 Å². The van der Waals surface area contributed by atoms with Crippen LogP contribution in [-0.4, -0.2) is 24.2 Å². The molecule has 0 radical (unpaired) electrons. The summed E-state index contributed by atoms with van der Waals surface area (Å²) in [5.74, 6) is 1.67. The molecule has 2 aromatic carbocycles. The van der Waals surface area contributed by atoms with E-state index in [1.165, 1.54) is 11.1 Å². The van der Waals surface area contributed by atoms with Gasteiger partial charge in [0, 0.05) is 19.2 Å². The van der Waals surface area contributed by atoms with Gasteiger partial charge in [-0.3, -0.25) is 4.98 Å². The van der Waals surface area contributed by atoms with Crippen molar-refractivity contribution < 1.29 is 9.47 Å². The molecule has 3 aromatic rings. The molecule has 0 amide bonds. The van der Waals surface area contributed by atoms with Crippen LogP contribution in [0.2, 0.25) is 0 Å². The summed E-state index contributed by atoms with van der Waals surface area (Å²) < 4.78 is 11.7. The molecule has 1 aromatic heterocycles. The Bertz CT molecular complexity index is 852. The van der Waals surface area contributed by atoms with Gasteiger partial charge in [-0.15, -0.1) is 0 Å². The Morgan fingerprint density at radius 1 is 0.923 bits per heavy atom. The fourth-order valence-corrected chi connectivity index (χ4v) is 3.07. The van der Waals surface area contributed by atoms with Crippen LogP contribution in [0.1, 0.15) is 12.1 Å². The molecule has 1 aliphatic heterocycles. The highest BCUT2D eigenvalue weighted by Crippen LogP contribution is 2.31. The number of pyridine rings is 1. The molecule has 1 atom stereocenters. The van der Waals surface area contributed by atoms with E-state index in [0.717, 1.165) is 36.7 Å². The van der Waals surface area contributed by atoms with E-state index in [4.69, 9.17) is 9.47 Å². The van der Waals surface area contributed by atoms with E-state index < -0.39 is 0 Å². The Morgan fingerprint density at radius 2 is 1.73 bits per heavy atom. The smallest absolute Gasteiger partial charge is 0.161 e. The Morgan fingerprint density at radius 3 is 2.62 bits per heavy atom. The predicted molar refractivity (Wildman–Crippen MR) is 102 cm³/mol. The van der Waals surface area contributed by atoms with Crippen molar-refractivity contribution in [2.75, 3.05) is 13.2 Å². The van der Waals surface area contributed by atoms with Crippen LogP contribution in [0.3, 0.4) is 0 Å². The number of rotatable bonds is 6. The van der Waals surface area contributed by atoms with E-state index in [2.05, 4.69) is 40.6 Å². The highest BCUT2D eigenvalue weighted by molar-refractivity contribution is 5.63. The lowest BCUT2D eigenvalue weighted by Gasteiger charge is -2.26. The second kappa shape index (κ2) is 8.02. The molecule has 4 nitrogen and oxygen atoms in total. The number of nitrogens with zero attached hydrogens (tertiary/aromatic N) is 1. The molecule has 26 heavy (non-hydrogen) atoms. The first-order chi connectivity index (χ1) is 12.9. The number of hydrogen-bond donors (Lipinski definition) is 1. The highest BCUT2D eigenvalue weighted by atomic mass is 16.6. The standard InChI is InChI=1S/C22H22N2O2/c1-2-6-17(7-3-1)18-10-13-24-19(14-18)15-23-12-11-20-16-25-21-8-4-5-9-22(21)26-20/h1-10,13-14,20,23H,11-12,15-16H2. The lowest BCUT2D eigenvalue weighted by Crippen LogP contribution is -2.32. The van der Waals surface area contributed by atoms with Crippen LogP contribution < -0.4 is 14.8 Å². The first-order valence-corrected chi connectivity index (χ1v) is 8.98. The zero-order chi connectivity index (χ0) is 17.6. The summed E-state index contributed by atoms with van der Waals surface area (Å²) >= 11 is 0. The summed E-state index contributed by atoms with van der Waals surface area (Å²) in [4.78, 5) is 4.46. The third-order valence-corrected chi connectivity index (χ3v) is 4.44. The molecule has 0 spiro atoms. The third kappa shape index (κ3) is 4.03. The maximum Gasteiger partial charge on any atom is 0.161 e. The molecule has 0 bridgehead atoms. The average molecular weight is 346 g/mol. The minimum absolute atomic E-state index is 0.0843. The number of ether oxygens (including phenoxy) is 2. The molecule has 4 rings (SSSR count). The van der Waals surface area contributed by atoms with Crippen LogP contribution in [0.15, 0.2) is 72.9 Å². The highest BCUT2D eigenvalue weighted by Gasteiger charge is 2.19. The van der Waals surface area contributed by atoms with Gasteiger partial charge < -0.3 is 14.8 Å². The maximum atomic E-state index is 5.98. The lowest BCUT2D eigenvalue weighted by atomic mass is 10.1. The van der Waals surface area contributed by atoms with Gasteiger partial charge in [-0.25, -0.2) is 0 Å². The van der Waals surface area contributed by atoms with Gasteiger partial charge in [-0.1, -0.05) is 42.5 Å². The zero-order valence-corrected chi connectivity index (χ0v) is 14.6. The van der Waals surface area contributed by atoms with Crippen molar-refractivity contribution in [3.63, 3.8) is 0 Å². The van der Waals surface area contributed by atoms with Gasteiger partial charge in [0.2, 0.25) is 0 Å². The summed E-state index contributed by atoms with van der Waals surface area (Å²) in [5, 5.41) is 3.45. The van der Waals surface area contributed by atoms with Crippen LogP contribution in [0.25, 0.3) is 11.1 Å². The number of aromatic nitrogens is 1. The SMILES string of the molecule is c1ccc(-c2ccnc(CNCCC3COc4ccccc4O3)c2)cc1. The van der Waals surface area contributed by atoms with E-state index in [1.54, 1.807) is 0 Å². The van der Waals surface area contributed by atoms with Gasteiger partial charge in [-0.2, -0.15) is 0 Å². The Kier molecular flexibility index (Phi) is 5.12. The third-order valence-electron chi connectivity index (χ3n) is 4.44. The monoisotopic (exact) mass is 346 g/mol. The fourth-order valence-electron chi connectivity index (χ4n) is 3.07. The Balaban J connectivity index is 1.27. The minimum atomic E-state index is 0.0843. The topological polar surface area (TPSA) is 43.4 Å². The fraction of sp³-hybridized carbons (Fsp3) is 0.227. The van der Waals surface area contributed by atoms with E-state index >= 15 is 0 Å². The molecule has 0 aliphatic carbocycles. The van der Waals surface area contributed by atoms with E-state index in [0.29, 0.717) is 6.61 Å². The van der Waals surface area contributed by atoms with Crippen molar-refractivity contribution in [3.8, 4) is 22.6 Å². The van der Waals surface area contributed by atoms with Gasteiger partial charge in [0.15, 0.2) is 11.5 Å². The molecule has 1 aliphatic rings. The van der Waals surface area contributed by atoms with Gasteiger partial charge in [0.05, 0.1) is 5.69 Å². The lowest BCUT2D eigenvalue weighted by molar-refractivity contribution is 0.0848. The first kappa shape index (κ1) is 16.6. The molecule has 4 heteroatoms. The maximum absolute atomic E-state index is 5.98. The Hall–Kier alpha value is -2.85. The van der Waals surface area contributed by atoms with Crippen molar-refractivity contribution in [3.05, 3.63) is 78.6 Å². The van der Waals surface area contributed by atoms with Crippen LogP contribution in [0.5, 0.6) is 11.5 Å². The van der Waals surface area contributed by atoms with E-state index in [-0.39, 0.29) is 6.10 Å². The van der Waals surface area contributed by atoms with Crippen LogP contribution in [0, 0.1) is 0 Å². The normalized spacial score (nSPS) is 15.6. The molecule has 1 unspecified atom stereocenters. The summed E-state index contributed by atoms with van der Waals surface area (Å²) in [6.07, 6.45) is 2.85. The first-order valence-electron chi connectivity index (χ1n) is 8.98. The number of fused-ring (bicyclic) bond motifs is 1. The molecule has 132 valence electrons. The van der Waals surface area contributed by atoms with Crippen molar-refractivity contribution >= 4 is 0 Å². The molecule has 0 fully saturated rings. The molecule has 0 saturated heterocycles. The molecule has 0 saturated carbocycles. The molecular weight excluding hydrogens is 324 g/mol. The summed E-state index contributed by atoms with van der Waals surface area (Å²) in [7, 11) is 0. The molecule has 2 heterocycles. The number of nitrogens with one attached hydrogen (secondary N) is 1. The van der Waals surface area contributed by atoms with E-state index in [1.807, 2.05) is 42.6 Å². The van der Waals surface area contributed by atoms with E-state index in [9.17, 15) is 0 Å². The van der Waals surface area contributed by atoms with Crippen LogP contribution >= 0.6 is 0 Å². The summed E-state index contributed by atoms with van der Waals surface area (Å²) in [5.41, 5.74) is 3.44. The molecule has 1 N–H and O–H groups in total. The van der Waals surface area contributed by atoms with Crippen molar-refractivity contribution in [2.24, 2.45) is 0 Å². The number of hydrogen-bond acceptors (Lipinski definition) is 4. The number of para-hydroxylation sites is 2. The quantitative estimate of drug-likeness (QED) is 0.683. The zero-order valence-electron chi connectivity index (χ0n) is 14.6. The number of benzene rings is 2. The van der Waals surface area contributed by atoms with Crippen LogP contribution in [-0.2, 0) is 6.54 Å². The van der Waals surface area contributed by atoms with Crippen molar-refractivity contribution in [1.82, 2.24) is 10.3 Å². The summed E-state index contributed by atoms with van der Waals surface area (Å²) in [6.45, 7) is 2.19. The minimum Gasteiger partial charge on any atom is -0.486 e. The van der Waals surface area contributed by atoms with Crippen molar-refractivity contribution in [1.29, 1.82) is 0 Å². The largest absolute Gasteiger partial charge is 0.486 e. The second-order valence-corrected chi connectivity index (χ2v) is 6.36. The predicted octanol–water partition coefficient (Wildman–Crippen LogP) is 4.07.